The molecule has 1 aliphatic heterocycles. The van der Waals surface area contributed by atoms with Crippen LogP contribution >= 0.6 is 0 Å². The van der Waals surface area contributed by atoms with E-state index in [1.54, 1.807) is 0 Å². The van der Waals surface area contributed by atoms with Crippen LogP contribution in [0, 0.1) is 0 Å². The number of carbonyl (C=O) groups is 2. The molecule has 1 aliphatic rings. The Hall–Kier alpha value is -2.52. The summed E-state index contributed by atoms with van der Waals surface area (Å²) in [6.07, 6.45) is -0.274. The molecule has 2 amide bonds. The first-order chi connectivity index (χ1) is 12.5. The second-order valence-corrected chi connectivity index (χ2v) is 6.31. The fourth-order valence-corrected chi connectivity index (χ4v) is 3.04. The largest absolute Gasteiger partial charge is 0.391 e. The number of rotatable bonds is 6. The fourth-order valence-electron chi connectivity index (χ4n) is 3.04. The van der Waals surface area contributed by atoms with Gasteiger partial charge >= 0.3 is 0 Å². The van der Waals surface area contributed by atoms with Crippen LogP contribution in [-0.2, 0) is 20.9 Å². The van der Waals surface area contributed by atoms with E-state index >= 15 is 0 Å². The Bertz CT molecular complexity index is 744. The van der Waals surface area contributed by atoms with Crippen molar-refractivity contribution in [3.05, 3.63) is 24.3 Å². The van der Waals surface area contributed by atoms with Crippen LogP contribution < -0.4 is 5.32 Å². The van der Waals surface area contributed by atoms with E-state index in [9.17, 15) is 14.7 Å². The smallest absolute Gasteiger partial charge is 0.248 e. The fraction of sp³-hybridized carbons (Fsp3) is 0.529. The molecule has 0 bridgehead atoms. The SMILES string of the molecule is CCOCC(=O)N1C[C@H](O)C[C@H](NC(=O)Cn2nc3ccccc3n2)C1. The molecular formula is C17H23N5O4. The Morgan fingerprint density at radius 3 is 2.62 bits per heavy atom. The van der Waals surface area contributed by atoms with E-state index in [1.165, 1.54) is 9.70 Å². The molecule has 1 aromatic heterocycles. The summed E-state index contributed by atoms with van der Waals surface area (Å²) in [6.45, 7) is 2.83. The highest BCUT2D eigenvalue weighted by molar-refractivity contribution is 5.79. The number of benzene rings is 1. The van der Waals surface area contributed by atoms with Crippen molar-refractivity contribution in [2.45, 2.75) is 32.0 Å². The number of amides is 2. The number of aliphatic hydroxyl groups excluding tert-OH is 1. The maximum absolute atomic E-state index is 12.3. The molecule has 2 heterocycles. The number of piperidine rings is 1. The van der Waals surface area contributed by atoms with Gasteiger partial charge in [0.2, 0.25) is 11.8 Å². The van der Waals surface area contributed by atoms with Gasteiger partial charge in [0.25, 0.3) is 0 Å². The third-order valence-corrected chi connectivity index (χ3v) is 4.19. The van der Waals surface area contributed by atoms with Crippen LogP contribution in [0.2, 0.25) is 0 Å². The minimum Gasteiger partial charge on any atom is -0.391 e. The molecule has 1 aromatic carbocycles. The number of fused-ring (bicyclic) bond motifs is 1. The highest BCUT2D eigenvalue weighted by Crippen LogP contribution is 2.12. The predicted molar refractivity (Wildman–Crippen MR) is 93.2 cm³/mol. The van der Waals surface area contributed by atoms with E-state index in [1.807, 2.05) is 31.2 Å². The van der Waals surface area contributed by atoms with E-state index in [-0.39, 0.29) is 37.6 Å². The predicted octanol–water partition coefficient (Wildman–Crippen LogP) is -0.454. The molecule has 2 N–H and O–H groups in total. The maximum Gasteiger partial charge on any atom is 0.248 e. The molecule has 3 rings (SSSR count). The zero-order valence-corrected chi connectivity index (χ0v) is 14.7. The van der Waals surface area contributed by atoms with Crippen molar-refractivity contribution in [1.29, 1.82) is 0 Å². The first-order valence-corrected chi connectivity index (χ1v) is 8.68. The lowest BCUT2D eigenvalue weighted by Crippen LogP contribution is -2.55. The van der Waals surface area contributed by atoms with Gasteiger partial charge < -0.3 is 20.1 Å². The quantitative estimate of drug-likeness (QED) is 0.721. The van der Waals surface area contributed by atoms with Gasteiger partial charge in [-0.05, 0) is 25.5 Å². The molecule has 2 atom stereocenters. The second-order valence-electron chi connectivity index (χ2n) is 6.31. The number of hydrogen-bond donors (Lipinski definition) is 2. The van der Waals surface area contributed by atoms with E-state index in [4.69, 9.17) is 4.74 Å². The topological polar surface area (TPSA) is 110 Å². The van der Waals surface area contributed by atoms with Gasteiger partial charge in [-0.3, -0.25) is 9.59 Å². The number of aromatic nitrogens is 3. The number of nitrogens with one attached hydrogen (secondary N) is 1. The van der Waals surface area contributed by atoms with Gasteiger partial charge in [0, 0.05) is 25.7 Å². The highest BCUT2D eigenvalue weighted by atomic mass is 16.5. The van der Waals surface area contributed by atoms with Crippen LogP contribution in [0.25, 0.3) is 11.0 Å². The average molecular weight is 361 g/mol. The van der Waals surface area contributed by atoms with Crippen molar-refractivity contribution < 1.29 is 19.4 Å². The molecule has 2 aromatic rings. The van der Waals surface area contributed by atoms with Crippen molar-refractivity contribution in [2.24, 2.45) is 0 Å². The number of ether oxygens (including phenoxy) is 1. The molecule has 140 valence electrons. The summed E-state index contributed by atoms with van der Waals surface area (Å²) >= 11 is 0. The van der Waals surface area contributed by atoms with Crippen LogP contribution in [0.1, 0.15) is 13.3 Å². The summed E-state index contributed by atoms with van der Waals surface area (Å²) in [5.74, 6) is -0.452. The van der Waals surface area contributed by atoms with Crippen LogP contribution in [0.3, 0.4) is 0 Å². The number of β-amino-alcohol motifs (C(OH)–C–C–N with tert-alkyl or cyclic N) is 1. The lowest BCUT2D eigenvalue weighted by atomic mass is 10.0. The van der Waals surface area contributed by atoms with Crippen molar-refractivity contribution in [3.63, 3.8) is 0 Å². The van der Waals surface area contributed by atoms with Gasteiger partial charge in [0.05, 0.1) is 6.10 Å². The zero-order chi connectivity index (χ0) is 18.5. The number of aliphatic hydroxyl groups is 1. The Balaban J connectivity index is 1.56. The standard InChI is InChI=1S/C17H23N5O4/c1-2-26-11-17(25)21-8-12(7-13(23)9-21)18-16(24)10-22-19-14-5-3-4-6-15(14)20-22/h3-6,12-13,23H,2,7-11H2,1H3,(H,18,24)/t12-,13+/m0/s1. The normalized spacial score (nSPS) is 20.3. The molecule has 0 saturated carbocycles. The Kier molecular flexibility index (Phi) is 5.79. The highest BCUT2D eigenvalue weighted by Gasteiger charge is 2.29. The summed E-state index contributed by atoms with van der Waals surface area (Å²) in [6, 6.07) is 7.06. The summed E-state index contributed by atoms with van der Waals surface area (Å²) in [5.41, 5.74) is 1.45. The van der Waals surface area contributed by atoms with Crippen molar-refractivity contribution in [1.82, 2.24) is 25.2 Å². The molecule has 0 spiro atoms. The monoisotopic (exact) mass is 361 g/mol. The van der Waals surface area contributed by atoms with Gasteiger partial charge in [0.1, 0.15) is 24.2 Å². The summed E-state index contributed by atoms with van der Waals surface area (Å²) in [5, 5.41) is 21.4. The van der Waals surface area contributed by atoms with E-state index in [0.29, 0.717) is 19.6 Å². The molecular weight excluding hydrogens is 338 g/mol. The molecule has 9 nitrogen and oxygen atoms in total. The first kappa shape index (κ1) is 18.3. The van der Waals surface area contributed by atoms with E-state index < -0.39 is 6.10 Å². The number of nitrogens with zero attached hydrogens (tertiary/aromatic N) is 4. The Morgan fingerprint density at radius 2 is 1.96 bits per heavy atom. The number of carbonyl (C=O) groups excluding carboxylic acids is 2. The average Bonchev–Trinajstić information content (AvgIpc) is 3.01. The molecule has 1 saturated heterocycles. The molecule has 26 heavy (non-hydrogen) atoms. The maximum atomic E-state index is 12.3. The molecule has 0 unspecified atom stereocenters. The molecule has 0 radical (unpaired) electrons. The lowest BCUT2D eigenvalue weighted by Gasteiger charge is -2.36. The van der Waals surface area contributed by atoms with Crippen LogP contribution in [0.15, 0.2) is 24.3 Å². The molecule has 9 heteroatoms. The Labute approximate surface area is 150 Å². The van der Waals surface area contributed by atoms with Crippen molar-refractivity contribution >= 4 is 22.8 Å². The van der Waals surface area contributed by atoms with Crippen LogP contribution in [0.5, 0.6) is 0 Å². The van der Waals surface area contributed by atoms with Gasteiger partial charge in [-0.2, -0.15) is 15.0 Å². The van der Waals surface area contributed by atoms with Gasteiger partial charge in [-0.1, -0.05) is 12.1 Å². The third-order valence-electron chi connectivity index (χ3n) is 4.19. The number of likely N-dealkylation sites (tertiary alicyclic amines) is 1. The van der Waals surface area contributed by atoms with Gasteiger partial charge in [-0.15, -0.1) is 0 Å². The summed E-state index contributed by atoms with van der Waals surface area (Å²) < 4.78 is 5.13. The van der Waals surface area contributed by atoms with Crippen molar-refractivity contribution in [3.8, 4) is 0 Å². The minimum atomic E-state index is -0.676. The zero-order valence-electron chi connectivity index (χ0n) is 14.7. The van der Waals surface area contributed by atoms with Gasteiger partial charge in [-0.25, -0.2) is 0 Å². The van der Waals surface area contributed by atoms with Gasteiger partial charge in [0.15, 0.2) is 0 Å². The minimum absolute atomic E-state index is 0.0197. The Morgan fingerprint density at radius 1 is 1.27 bits per heavy atom. The molecule has 1 fully saturated rings. The van der Waals surface area contributed by atoms with Crippen LogP contribution in [-0.4, -0.2) is 75.3 Å². The third kappa shape index (κ3) is 4.55. The van der Waals surface area contributed by atoms with Crippen molar-refractivity contribution in [2.75, 3.05) is 26.3 Å². The second kappa shape index (κ2) is 8.24. The number of hydrogen-bond acceptors (Lipinski definition) is 6. The van der Waals surface area contributed by atoms with E-state index in [0.717, 1.165) is 11.0 Å². The summed E-state index contributed by atoms with van der Waals surface area (Å²) in [4.78, 5) is 27.2. The molecule has 0 aliphatic carbocycles. The summed E-state index contributed by atoms with van der Waals surface area (Å²) in [7, 11) is 0. The first-order valence-electron chi connectivity index (χ1n) is 8.68. The lowest BCUT2D eigenvalue weighted by molar-refractivity contribution is -0.140. The van der Waals surface area contributed by atoms with Crippen LogP contribution in [0.4, 0.5) is 0 Å². The van der Waals surface area contributed by atoms with E-state index in [2.05, 4.69) is 15.5 Å².